The fourth-order valence-electron chi connectivity index (χ4n) is 1.39. The van der Waals surface area contributed by atoms with E-state index in [0.717, 1.165) is 6.42 Å². The van der Waals surface area contributed by atoms with Crippen LogP contribution < -0.4 is 0 Å². The molecule has 0 nitrogen and oxygen atoms in total. The summed E-state index contributed by atoms with van der Waals surface area (Å²) in [6, 6.07) is 10.5. The average molecular weight is 262 g/mol. The first-order chi connectivity index (χ1) is 5.88. The first kappa shape index (κ1) is 14.0. The Labute approximate surface area is 109 Å². The zero-order valence-corrected chi connectivity index (χ0v) is 10.8. The van der Waals surface area contributed by atoms with Gasteiger partial charge in [0.2, 0.25) is 0 Å². The Balaban J connectivity index is 0.000000845. The normalized spacial score (nSPS) is 13.4. The van der Waals surface area contributed by atoms with Crippen LogP contribution in [-0.4, -0.2) is 0 Å². The summed E-state index contributed by atoms with van der Waals surface area (Å²) in [6.45, 7) is 0. The summed E-state index contributed by atoms with van der Waals surface area (Å²) < 4.78 is 1.47. The van der Waals surface area contributed by atoms with Gasteiger partial charge in [0.15, 0.2) is 0 Å². The van der Waals surface area contributed by atoms with Crippen molar-refractivity contribution in [1.82, 2.24) is 0 Å². The Hall–Kier alpha value is -0.00571. The molecule has 1 aromatic rings. The fraction of sp³-hybridized carbons (Fsp3) is 0.0909. The number of halogens is 2. The van der Waals surface area contributed by atoms with Crippen molar-refractivity contribution in [1.29, 1.82) is 0 Å². The molecule has 0 amide bonds. The van der Waals surface area contributed by atoms with E-state index in [1.54, 1.807) is 0 Å². The molecule has 0 saturated heterocycles. The van der Waals surface area contributed by atoms with Gasteiger partial charge in [0, 0.05) is 0 Å². The summed E-state index contributed by atoms with van der Waals surface area (Å²) in [4.78, 5) is 0. The van der Waals surface area contributed by atoms with Gasteiger partial charge in [-0.25, -0.2) is 0 Å². The minimum absolute atomic E-state index is 0. The number of allylic oxidation sites excluding steroid dienone is 4. The van der Waals surface area contributed by atoms with Crippen LogP contribution in [0, 0.1) is 0 Å². The van der Waals surface area contributed by atoms with Crippen LogP contribution >= 0.6 is 24.8 Å². The molecule has 1 aromatic carbocycles. The standard InChI is InChI=1S/C11H9.2ClH.Ti/c1-2-6-10(7-3-1)11-8-4-5-9-11;;;/h1-4,6-8H,5H2;2*1H;. The molecule has 0 heterocycles. The number of rotatable bonds is 1. The zero-order valence-electron chi connectivity index (χ0n) is 7.57. The van der Waals surface area contributed by atoms with Crippen molar-refractivity contribution in [3.63, 3.8) is 0 Å². The van der Waals surface area contributed by atoms with Crippen LogP contribution in [0.4, 0.5) is 0 Å². The molecule has 0 bridgehead atoms. The molecule has 2 rings (SSSR count). The Bertz CT molecular complexity index is 342. The van der Waals surface area contributed by atoms with Crippen LogP contribution in [0.3, 0.4) is 0 Å². The molecule has 0 N–H and O–H groups in total. The van der Waals surface area contributed by atoms with Crippen molar-refractivity contribution < 1.29 is 20.4 Å². The third kappa shape index (κ3) is 3.00. The van der Waals surface area contributed by atoms with Crippen LogP contribution in [-0.2, 0) is 20.4 Å². The Morgan fingerprint density at radius 2 is 1.64 bits per heavy atom. The molecular weight excluding hydrogens is 251 g/mol. The average Bonchev–Trinajstić information content (AvgIpc) is 2.53. The molecule has 0 spiro atoms. The van der Waals surface area contributed by atoms with Crippen LogP contribution in [0.5, 0.6) is 0 Å². The molecule has 73 valence electrons. The Morgan fingerprint density at radius 3 is 2.14 bits per heavy atom. The van der Waals surface area contributed by atoms with Crippen molar-refractivity contribution >= 4 is 30.4 Å². The fourth-order valence-corrected chi connectivity index (χ4v) is 1.93. The van der Waals surface area contributed by atoms with E-state index in [1.807, 2.05) is 0 Å². The third-order valence-corrected chi connectivity index (χ3v) is 2.76. The van der Waals surface area contributed by atoms with Gasteiger partial charge in [-0.3, -0.25) is 0 Å². The predicted molar refractivity (Wildman–Crippen MR) is 61.6 cm³/mol. The molecule has 14 heavy (non-hydrogen) atoms. The van der Waals surface area contributed by atoms with Crippen LogP contribution in [0.2, 0.25) is 0 Å². The summed E-state index contributed by atoms with van der Waals surface area (Å²) in [6.07, 6.45) is 5.55. The van der Waals surface area contributed by atoms with E-state index in [0.29, 0.717) is 0 Å². The zero-order chi connectivity index (χ0) is 8.39. The summed E-state index contributed by atoms with van der Waals surface area (Å²) in [7, 11) is 0. The monoisotopic (exact) mass is 261 g/mol. The first-order valence-corrected chi connectivity index (χ1v) is 4.83. The van der Waals surface area contributed by atoms with Crippen molar-refractivity contribution in [3.8, 4) is 0 Å². The van der Waals surface area contributed by atoms with Crippen LogP contribution in [0.1, 0.15) is 12.0 Å². The van der Waals surface area contributed by atoms with E-state index >= 15 is 0 Å². The second-order valence-corrected chi connectivity index (χ2v) is 3.81. The van der Waals surface area contributed by atoms with Crippen molar-refractivity contribution in [2.45, 2.75) is 6.42 Å². The van der Waals surface area contributed by atoms with E-state index in [-0.39, 0.29) is 24.8 Å². The number of hydrogen-bond acceptors (Lipinski definition) is 0. The van der Waals surface area contributed by atoms with Crippen molar-refractivity contribution in [2.24, 2.45) is 0 Å². The molecule has 0 radical (unpaired) electrons. The van der Waals surface area contributed by atoms with Gasteiger partial charge in [-0.05, 0) is 0 Å². The molecule has 0 unspecified atom stereocenters. The Kier molecular flexibility index (Phi) is 6.47. The topological polar surface area (TPSA) is 0 Å². The van der Waals surface area contributed by atoms with Gasteiger partial charge in [0.1, 0.15) is 0 Å². The molecule has 0 fully saturated rings. The van der Waals surface area contributed by atoms with E-state index in [4.69, 9.17) is 0 Å². The molecule has 3 heteroatoms. The molecule has 0 aliphatic heterocycles. The SMILES string of the molecule is Cl.Cl.[Ti][C]1=C(c2ccccc2)C=CC1. The molecular formula is C11H11Cl2Ti. The molecule has 0 saturated carbocycles. The van der Waals surface area contributed by atoms with Gasteiger partial charge in [0.05, 0.1) is 0 Å². The maximum atomic E-state index is 2.22. The van der Waals surface area contributed by atoms with Gasteiger partial charge >= 0.3 is 84.4 Å². The van der Waals surface area contributed by atoms with E-state index in [1.165, 1.54) is 15.0 Å². The quantitative estimate of drug-likeness (QED) is 0.676. The third-order valence-electron chi connectivity index (χ3n) is 2.02. The van der Waals surface area contributed by atoms with Gasteiger partial charge in [0.25, 0.3) is 0 Å². The van der Waals surface area contributed by atoms with E-state index in [2.05, 4.69) is 62.9 Å². The second kappa shape index (κ2) is 6.47. The number of hydrogen-bond donors (Lipinski definition) is 0. The van der Waals surface area contributed by atoms with Crippen LogP contribution in [0.25, 0.3) is 5.57 Å². The summed E-state index contributed by atoms with van der Waals surface area (Å²) in [5.74, 6) is 0. The van der Waals surface area contributed by atoms with Gasteiger partial charge < -0.3 is 0 Å². The van der Waals surface area contributed by atoms with E-state index in [9.17, 15) is 0 Å². The van der Waals surface area contributed by atoms with Crippen molar-refractivity contribution in [2.75, 3.05) is 0 Å². The van der Waals surface area contributed by atoms with Gasteiger partial charge in [-0.15, -0.1) is 24.8 Å². The number of benzene rings is 1. The van der Waals surface area contributed by atoms with Gasteiger partial charge in [-0.1, -0.05) is 0 Å². The summed E-state index contributed by atoms with van der Waals surface area (Å²) in [5.41, 5.74) is 2.74. The van der Waals surface area contributed by atoms with Crippen molar-refractivity contribution in [3.05, 3.63) is 51.9 Å². The minimum atomic E-state index is 0. The maximum absolute atomic E-state index is 2.22. The van der Waals surface area contributed by atoms with E-state index < -0.39 is 0 Å². The molecule has 0 atom stereocenters. The van der Waals surface area contributed by atoms with Gasteiger partial charge in [-0.2, -0.15) is 0 Å². The molecule has 0 aromatic heterocycles. The summed E-state index contributed by atoms with van der Waals surface area (Å²) in [5, 5.41) is 0. The second-order valence-electron chi connectivity index (χ2n) is 2.86. The predicted octanol–water partition coefficient (Wildman–Crippen LogP) is 3.75. The first-order valence-electron chi connectivity index (χ1n) is 4.04. The van der Waals surface area contributed by atoms with Crippen LogP contribution in [0.15, 0.2) is 46.4 Å². The molecule has 1 aliphatic carbocycles. The Morgan fingerprint density at radius 1 is 1.00 bits per heavy atom. The summed E-state index contributed by atoms with van der Waals surface area (Å²) >= 11 is 2.20. The molecule has 1 aliphatic rings.